The number of rotatable bonds is 7. The normalized spacial score (nSPS) is 13.8. The van der Waals surface area contributed by atoms with Crippen LogP contribution in [0.4, 0.5) is 10.6 Å². The molecule has 14 heteroatoms. The van der Waals surface area contributed by atoms with Crippen molar-refractivity contribution in [2.24, 2.45) is 0 Å². The second-order valence-electron chi connectivity index (χ2n) is 10.3. The fourth-order valence-electron chi connectivity index (χ4n) is 4.24. The summed E-state index contributed by atoms with van der Waals surface area (Å²) in [7, 11) is -4.19. The van der Waals surface area contributed by atoms with Gasteiger partial charge in [0.15, 0.2) is 5.82 Å². The van der Waals surface area contributed by atoms with Gasteiger partial charge >= 0.3 is 6.09 Å². The molecule has 0 saturated carbocycles. The van der Waals surface area contributed by atoms with Crippen LogP contribution in [0.1, 0.15) is 37.3 Å². The van der Waals surface area contributed by atoms with Crippen molar-refractivity contribution in [1.29, 1.82) is 5.26 Å². The molecule has 1 saturated heterocycles. The SMILES string of the molecule is CC(C)(C)c1sc(S(=O)(=O)c2ccc(Oc3ccc(Cl)cc3-c3ccnn3C3CNC3)c(C#N)c2)nc1NC(=O)O. The molecular formula is C27H25ClN6O5S2. The largest absolute Gasteiger partial charge is 0.465 e. The van der Waals surface area contributed by atoms with Crippen LogP contribution in [0.2, 0.25) is 5.02 Å². The third-order valence-corrected chi connectivity index (χ3v) is 10.2. The Morgan fingerprint density at radius 2 is 1.95 bits per heavy atom. The number of amides is 1. The third-order valence-electron chi connectivity index (χ3n) is 6.34. The van der Waals surface area contributed by atoms with E-state index in [2.05, 4.69) is 20.7 Å². The monoisotopic (exact) mass is 612 g/mol. The molecule has 1 amide bonds. The minimum Gasteiger partial charge on any atom is -0.465 e. The average Bonchev–Trinajstić information content (AvgIpc) is 3.52. The molecule has 3 N–H and O–H groups in total. The van der Waals surface area contributed by atoms with Crippen LogP contribution in [-0.4, -0.2) is 47.5 Å². The Morgan fingerprint density at radius 1 is 1.22 bits per heavy atom. The van der Waals surface area contributed by atoms with E-state index in [1.807, 2.05) is 37.6 Å². The van der Waals surface area contributed by atoms with Crippen LogP contribution in [0.15, 0.2) is 57.9 Å². The van der Waals surface area contributed by atoms with Gasteiger partial charge in [0.2, 0.25) is 14.2 Å². The Labute approximate surface area is 245 Å². The number of aromatic nitrogens is 3. The van der Waals surface area contributed by atoms with Gasteiger partial charge < -0.3 is 15.2 Å². The van der Waals surface area contributed by atoms with Crippen LogP contribution < -0.4 is 15.4 Å². The van der Waals surface area contributed by atoms with E-state index in [1.54, 1.807) is 24.4 Å². The van der Waals surface area contributed by atoms with E-state index >= 15 is 0 Å². The first-order chi connectivity index (χ1) is 19.4. The van der Waals surface area contributed by atoms with Crippen molar-refractivity contribution in [2.75, 3.05) is 18.4 Å². The predicted octanol–water partition coefficient (Wildman–Crippen LogP) is 5.69. The Morgan fingerprint density at radius 3 is 2.59 bits per heavy atom. The third kappa shape index (κ3) is 5.64. The molecule has 0 atom stereocenters. The molecule has 0 unspecified atom stereocenters. The molecule has 5 rings (SSSR count). The zero-order valence-electron chi connectivity index (χ0n) is 22.2. The Kier molecular flexibility index (Phi) is 7.52. The van der Waals surface area contributed by atoms with Crippen LogP contribution in [0, 0.1) is 11.3 Å². The van der Waals surface area contributed by atoms with Crippen molar-refractivity contribution in [1.82, 2.24) is 20.1 Å². The van der Waals surface area contributed by atoms with Gasteiger partial charge in [-0.3, -0.25) is 10.00 Å². The maximum absolute atomic E-state index is 13.5. The summed E-state index contributed by atoms with van der Waals surface area (Å²) in [4.78, 5) is 15.7. The summed E-state index contributed by atoms with van der Waals surface area (Å²) in [5, 5.41) is 29.5. The lowest BCUT2D eigenvalue weighted by atomic mass is 9.95. The second kappa shape index (κ2) is 10.8. The average molecular weight is 613 g/mol. The quantitative estimate of drug-likeness (QED) is 0.238. The number of ether oxygens (including phenoxy) is 1. The molecule has 212 valence electrons. The highest BCUT2D eigenvalue weighted by Gasteiger charge is 2.31. The molecule has 0 bridgehead atoms. The van der Waals surface area contributed by atoms with Gasteiger partial charge in [-0.2, -0.15) is 10.4 Å². The predicted molar refractivity (Wildman–Crippen MR) is 154 cm³/mol. The Bertz CT molecular complexity index is 1800. The second-order valence-corrected chi connectivity index (χ2v) is 13.9. The molecule has 1 aliphatic rings. The van der Waals surface area contributed by atoms with E-state index in [9.17, 15) is 23.6 Å². The number of nitrogens with one attached hydrogen (secondary N) is 2. The Balaban J connectivity index is 1.51. The van der Waals surface area contributed by atoms with Crippen molar-refractivity contribution < 1.29 is 23.1 Å². The van der Waals surface area contributed by atoms with Crippen molar-refractivity contribution in [3.8, 4) is 28.8 Å². The molecule has 1 fully saturated rings. The van der Waals surface area contributed by atoms with Crippen LogP contribution in [0.3, 0.4) is 0 Å². The number of carbonyl (C=O) groups is 1. The topological polar surface area (TPSA) is 159 Å². The van der Waals surface area contributed by atoms with Crippen LogP contribution in [0.5, 0.6) is 11.5 Å². The summed E-state index contributed by atoms with van der Waals surface area (Å²) >= 11 is 7.19. The number of carboxylic acid groups (broad SMARTS) is 1. The number of anilines is 1. The molecule has 41 heavy (non-hydrogen) atoms. The van der Waals surface area contributed by atoms with Crippen LogP contribution in [0.25, 0.3) is 11.3 Å². The van der Waals surface area contributed by atoms with E-state index in [0.717, 1.165) is 30.1 Å². The lowest BCUT2D eigenvalue weighted by Crippen LogP contribution is -2.44. The molecule has 2 aromatic carbocycles. The van der Waals surface area contributed by atoms with Gasteiger partial charge in [0.1, 0.15) is 17.6 Å². The highest BCUT2D eigenvalue weighted by molar-refractivity contribution is 7.93. The number of halogens is 1. The smallest absolute Gasteiger partial charge is 0.410 e. The maximum Gasteiger partial charge on any atom is 0.410 e. The minimum atomic E-state index is -4.19. The minimum absolute atomic E-state index is 0.0137. The van der Waals surface area contributed by atoms with Crippen LogP contribution in [-0.2, 0) is 15.3 Å². The lowest BCUT2D eigenvalue weighted by Gasteiger charge is -2.29. The van der Waals surface area contributed by atoms with Crippen molar-refractivity contribution in [2.45, 2.75) is 41.5 Å². The fraction of sp³-hybridized carbons (Fsp3) is 0.259. The molecule has 11 nitrogen and oxygen atoms in total. The van der Waals surface area contributed by atoms with Crippen LogP contribution >= 0.6 is 22.9 Å². The number of nitrogens with zero attached hydrogens (tertiary/aromatic N) is 4. The molecule has 3 heterocycles. The van der Waals surface area contributed by atoms with E-state index < -0.39 is 21.3 Å². The summed E-state index contributed by atoms with van der Waals surface area (Å²) in [6.07, 6.45) is 0.340. The zero-order valence-corrected chi connectivity index (χ0v) is 24.6. The van der Waals surface area contributed by atoms with Gasteiger partial charge in [0.05, 0.1) is 27.1 Å². The summed E-state index contributed by atoms with van der Waals surface area (Å²) < 4.78 is 34.8. The van der Waals surface area contributed by atoms with Gasteiger partial charge in [-0.1, -0.05) is 32.4 Å². The van der Waals surface area contributed by atoms with Gasteiger partial charge in [-0.05, 0) is 42.5 Å². The standard InChI is InChI=1S/C27H25ClN6O5S2/c1-27(2,3)23-24(32-25(35)36)33-26(40-23)41(37,38)18-5-7-21(15(10-18)12-29)39-22-6-4-16(28)11-19(22)20-8-9-31-34(20)17-13-30-14-17/h4-11,17,30,32H,13-14H2,1-3H3,(H,35,36). The number of hydrogen-bond acceptors (Lipinski definition) is 9. The molecule has 0 aliphatic carbocycles. The number of benzene rings is 2. The van der Waals surface area contributed by atoms with Crippen molar-refractivity contribution in [3.05, 3.63) is 64.1 Å². The van der Waals surface area contributed by atoms with Crippen molar-refractivity contribution in [3.63, 3.8) is 0 Å². The highest BCUT2D eigenvalue weighted by atomic mass is 35.5. The Hall–Kier alpha value is -3.96. The van der Waals surface area contributed by atoms with Gasteiger partial charge in [-0.15, -0.1) is 11.3 Å². The summed E-state index contributed by atoms with van der Waals surface area (Å²) in [6, 6.07) is 13.1. The fourth-order valence-corrected chi connectivity index (χ4v) is 7.13. The molecule has 1 aliphatic heterocycles. The molecule has 0 spiro atoms. The number of thiazole rings is 1. The summed E-state index contributed by atoms with van der Waals surface area (Å²) in [6.45, 7) is 7.04. The number of nitriles is 1. The van der Waals surface area contributed by atoms with Gasteiger partial charge in [0, 0.05) is 35.3 Å². The number of sulfone groups is 1. The molecule has 2 aromatic heterocycles. The summed E-state index contributed by atoms with van der Waals surface area (Å²) in [5.41, 5.74) is 0.869. The lowest BCUT2D eigenvalue weighted by molar-refractivity contribution is 0.209. The van der Waals surface area contributed by atoms with E-state index in [4.69, 9.17) is 16.3 Å². The van der Waals surface area contributed by atoms with Gasteiger partial charge in [0.25, 0.3) is 0 Å². The first-order valence-electron chi connectivity index (χ1n) is 12.4. The van der Waals surface area contributed by atoms with Crippen molar-refractivity contribution >= 4 is 44.7 Å². The highest BCUT2D eigenvalue weighted by Crippen LogP contribution is 2.40. The molecule has 0 radical (unpaired) electrons. The molecule has 4 aromatic rings. The summed E-state index contributed by atoms with van der Waals surface area (Å²) in [5.74, 6) is 0.519. The maximum atomic E-state index is 13.5. The first kappa shape index (κ1) is 28.6. The van der Waals surface area contributed by atoms with E-state index in [-0.39, 0.29) is 32.4 Å². The van der Waals surface area contributed by atoms with E-state index in [0.29, 0.717) is 21.2 Å². The van der Waals surface area contributed by atoms with Gasteiger partial charge in [-0.25, -0.2) is 18.2 Å². The first-order valence-corrected chi connectivity index (χ1v) is 15.1. The van der Waals surface area contributed by atoms with E-state index in [1.165, 1.54) is 18.2 Å². The number of hydrogen-bond donors (Lipinski definition) is 3. The molecular weight excluding hydrogens is 588 g/mol. The zero-order chi connectivity index (χ0) is 29.5.